The predicted octanol–water partition coefficient (Wildman–Crippen LogP) is 3.24. The molecule has 0 heterocycles. The van der Waals surface area contributed by atoms with E-state index in [0.29, 0.717) is 4.90 Å². The molecule has 4 heteroatoms. The van der Waals surface area contributed by atoms with Gasteiger partial charge in [0.2, 0.25) is 10.0 Å². The van der Waals surface area contributed by atoms with Gasteiger partial charge < -0.3 is 0 Å². The quantitative estimate of drug-likeness (QED) is 0.772. The lowest BCUT2D eigenvalue weighted by Crippen LogP contribution is -2.32. The summed E-state index contributed by atoms with van der Waals surface area (Å²) in [6.07, 6.45) is 4.25. The number of aryl methyl sites for hydroxylation is 1. The summed E-state index contributed by atoms with van der Waals surface area (Å²) in [4.78, 5) is 0.382. The normalized spacial score (nSPS) is 13.5. The average molecular weight is 269 g/mol. The summed E-state index contributed by atoms with van der Waals surface area (Å²) in [5, 5.41) is 0. The first-order valence-electron chi connectivity index (χ1n) is 6.55. The fraction of sp³-hybridized carbons (Fsp3) is 0.571. The van der Waals surface area contributed by atoms with Crippen LogP contribution < -0.4 is 4.72 Å². The van der Waals surface area contributed by atoms with Crippen molar-refractivity contribution in [3.63, 3.8) is 0 Å². The molecule has 3 nitrogen and oxygen atoms in total. The van der Waals surface area contributed by atoms with Gasteiger partial charge in [-0.15, -0.1) is 0 Å². The molecule has 1 aromatic rings. The zero-order chi connectivity index (χ0) is 13.6. The monoisotopic (exact) mass is 269 g/mol. The van der Waals surface area contributed by atoms with Gasteiger partial charge >= 0.3 is 0 Å². The first-order valence-corrected chi connectivity index (χ1v) is 8.03. The molecule has 0 radical (unpaired) electrons. The van der Waals surface area contributed by atoms with E-state index >= 15 is 0 Å². The highest BCUT2D eigenvalue weighted by Gasteiger charge is 2.18. The first kappa shape index (κ1) is 15.2. The van der Waals surface area contributed by atoms with Crippen molar-refractivity contribution in [3.05, 3.63) is 29.8 Å². The second-order valence-corrected chi connectivity index (χ2v) is 6.47. The van der Waals surface area contributed by atoms with E-state index in [4.69, 9.17) is 0 Å². The Morgan fingerprint density at radius 2 is 1.89 bits per heavy atom. The van der Waals surface area contributed by atoms with Crippen molar-refractivity contribution in [1.82, 2.24) is 4.72 Å². The molecular formula is C14H23NO2S. The second-order valence-electron chi connectivity index (χ2n) is 4.78. The number of sulfonamides is 1. The van der Waals surface area contributed by atoms with Crippen LogP contribution in [0.3, 0.4) is 0 Å². The van der Waals surface area contributed by atoms with E-state index in [0.717, 1.165) is 31.2 Å². The maximum absolute atomic E-state index is 12.2. The van der Waals surface area contributed by atoms with Crippen LogP contribution in [0.1, 0.15) is 45.1 Å². The Morgan fingerprint density at radius 1 is 1.22 bits per heavy atom. The Labute approximate surface area is 111 Å². The highest BCUT2D eigenvalue weighted by molar-refractivity contribution is 7.89. The molecule has 0 saturated carbocycles. The van der Waals surface area contributed by atoms with Crippen LogP contribution in [0.2, 0.25) is 0 Å². The third-order valence-corrected chi connectivity index (χ3v) is 4.73. The van der Waals surface area contributed by atoms with E-state index in [2.05, 4.69) is 11.6 Å². The van der Waals surface area contributed by atoms with Gasteiger partial charge in [-0.2, -0.15) is 0 Å². The molecule has 0 aliphatic rings. The number of benzene rings is 1. The summed E-state index contributed by atoms with van der Waals surface area (Å²) in [6, 6.07) is 7.05. The molecule has 0 aromatic heterocycles. The molecule has 102 valence electrons. The molecule has 0 saturated heterocycles. The minimum absolute atomic E-state index is 0.0128. The maximum atomic E-state index is 12.2. The minimum Gasteiger partial charge on any atom is -0.208 e. The zero-order valence-electron chi connectivity index (χ0n) is 11.4. The summed E-state index contributed by atoms with van der Waals surface area (Å²) >= 11 is 0. The predicted molar refractivity (Wildman–Crippen MR) is 75.1 cm³/mol. The van der Waals surface area contributed by atoms with Gasteiger partial charge in [0.25, 0.3) is 0 Å². The molecular weight excluding hydrogens is 246 g/mol. The van der Waals surface area contributed by atoms with Crippen molar-refractivity contribution in [1.29, 1.82) is 0 Å². The van der Waals surface area contributed by atoms with Crippen LogP contribution in [0.15, 0.2) is 29.2 Å². The highest BCUT2D eigenvalue weighted by Crippen LogP contribution is 2.15. The molecule has 18 heavy (non-hydrogen) atoms. The van der Waals surface area contributed by atoms with Gasteiger partial charge in [0, 0.05) is 6.04 Å². The fourth-order valence-corrected chi connectivity index (χ4v) is 3.47. The molecule has 1 N–H and O–H groups in total. The van der Waals surface area contributed by atoms with Crippen LogP contribution in [0.25, 0.3) is 0 Å². The Hall–Kier alpha value is -0.870. The van der Waals surface area contributed by atoms with E-state index < -0.39 is 10.0 Å². The van der Waals surface area contributed by atoms with Gasteiger partial charge in [-0.3, -0.25) is 0 Å². The molecule has 1 aromatic carbocycles. The van der Waals surface area contributed by atoms with Gasteiger partial charge in [0.05, 0.1) is 4.90 Å². The first-order chi connectivity index (χ1) is 8.47. The van der Waals surface area contributed by atoms with Crippen molar-refractivity contribution in [2.24, 2.45) is 0 Å². The van der Waals surface area contributed by atoms with E-state index in [1.54, 1.807) is 12.1 Å². The second kappa shape index (κ2) is 6.90. The highest BCUT2D eigenvalue weighted by atomic mass is 32.2. The van der Waals surface area contributed by atoms with Gasteiger partial charge in [-0.1, -0.05) is 44.4 Å². The van der Waals surface area contributed by atoms with Crippen molar-refractivity contribution >= 4 is 10.0 Å². The Morgan fingerprint density at radius 3 is 2.50 bits per heavy atom. The van der Waals surface area contributed by atoms with Crippen LogP contribution >= 0.6 is 0 Å². The van der Waals surface area contributed by atoms with E-state index in [9.17, 15) is 8.42 Å². The number of hydrogen-bond donors (Lipinski definition) is 1. The lowest BCUT2D eigenvalue weighted by molar-refractivity contribution is 0.527. The minimum atomic E-state index is -3.38. The number of rotatable bonds is 7. The zero-order valence-corrected chi connectivity index (χ0v) is 12.3. The van der Waals surface area contributed by atoms with Gasteiger partial charge in [0.1, 0.15) is 0 Å². The Balaban J connectivity index is 2.68. The van der Waals surface area contributed by atoms with Crippen LogP contribution in [-0.4, -0.2) is 14.5 Å². The van der Waals surface area contributed by atoms with Gasteiger partial charge in [-0.25, -0.2) is 13.1 Å². The number of unbranched alkanes of at least 4 members (excludes halogenated alkanes) is 2. The molecule has 0 spiro atoms. The molecule has 0 aliphatic carbocycles. The van der Waals surface area contributed by atoms with Crippen LogP contribution in [0.4, 0.5) is 0 Å². The molecule has 0 bridgehead atoms. The summed E-state index contributed by atoms with van der Waals surface area (Å²) in [7, 11) is -3.38. The van der Waals surface area contributed by atoms with Crippen LogP contribution in [-0.2, 0) is 10.0 Å². The molecule has 0 fully saturated rings. The van der Waals surface area contributed by atoms with Crippen molar-refractivity contribution in [3.8, 4) is 0 Å². The van der Waals surface area contributed by atoms with Crippen LogP contribution in [0.5, 0.6) is 0 Å². The van der Waals surface area contributed by atoms with Crippen molar-refractivity contribution in [2.45, 2.75) is 57.4 Å². The Bertz CT molecular complexity index is 468. The summed E-state index contributed by atoms with van der Waals surface area (Å²) in [5.41, 5.74) is 0.783. The van der Waals surface area contributed by atoms with E-state index in [1.807, 2.05) is 26.0 Å². The average Bonchev–Trinajstić information content (AvgIpc) is 2.29. The SMILES string of the molecule is CCCCCC(C)NS(=O)(=O)c1ccccc1C. The summed E-state index contributed by atoms with van der Waals surface area (Å²) in [6.45, 7) is 5.88. The van der Waals surface area contributed by atoms with Gasteiger partial charge in [-0.05, 0) is 31.9 Å². The molecule has 1 rings (SSSR count). The van der Waals surface area contributed by atoms with Crippen molar-refractivity contribution < 1.29 is 8.42 Å². The maximum Gasteiger partial charge on any atom is 0.241 e. The number of hydrogen-bond acceptors (Lipinski definition) is 2. The molecule has 0 aliphatic heterocycles. The number of nitrogens with one attached hydrogen (secondary N) is 1. The molecule has 1 unspecified atom stereocenters. The van der Waals surface area contributed by atoms with Gasteiger partial charge in [0.15, 0.2) is 0 Å². The van der Waals surface area contributed by atoms with E-state index in [-0.39, 0.29) is 6.04 Å². The summed E-state index contributed by atoms with van der Waals surface area (Å²) in [5.74, 6) is 0. The van der Waals surface area contributed by atoms with E-state index in [1.165, 1.54) is 0 Å². The lowest BCUT2D eigenvalue weighted by Gasteiger charge is -2.15. The lowest BCUT2D eigenvalue weighted by atomic mass is 10.1. The smallest absolute Gasteiger partial charge is 0.208 e. The molecule has 0 amide bonds. The third kappa shape index (κ3) is 4.42. The van der Waals surface area contributed by atoms with Crippen molar-refractivity contribution in [2.75, 3.05) is 0 Å². The third-order valence-electron chi connectivity index (χ3n) is 2.98. The molecule has 1 atom stereocenters. The topological polar surface area (TPSA) is 46.2 Å². The summed E-state index contributed by atoms with van der Waals surface area (Å²) < 4.78 is 27.1. The largest absolute Gasteiger partial charge is 0.241 e. The van der Waals surface area contributed by atoms with Crippen LogP contribution in [0, 0.1) is 6.92 Å². The standard InChI is InChI=1S/C14H23NO2S/c1-4-5-6-10-13(3)15-18(16,17)14-11-8-7-9-12(14)2/h7-9,11,13,15H,4-6,10H2,1-3H3. The Kier molecular flexibility index (Phi) is 5.82. The fourth-order valence-electron chi connectivity index (χ4n) is 1.95.